The molecule has 3 fully saturated rings. The third kappa shape index (κ3) is 3.10. The average molecular weight is 403 g/mol. The maximum atomic E-state index is 12.5. The van der Waals surface area contributed by atoms with Crippen LogP contribution in [0.15, 0.2) is 11.6 Å². The summed E-state index contributed by atoms with van der Waals surface area (Å²) < 4.78 is 6.91. The molecule has 0 radical (unpaired) electrons. The summed E-state index contributed by atoms with van der Waals surface area (Å²) in [5, 5.41) is 0. The molecule has 0 aromatic carbocycles. The molecule has 0 amide bonds. The van der Waals surface area contributed by atoms with Gasteiger partial charge in [0, 0.05) is 18.4 Å². The standard InChI is InChI=1S/C24H38O3Si/c1-15(25)19-9-10-20-18-8-7-16-13-17(26)11-12-23(16,2)22(18)21(14-24(19,20)3)27-28(4,5)6/h13,18-22H,7-12,14H2,1-6H3. The Morgan fingerprint density at radius 2 is 1.86 bits per heavy atom. The molecule has 0 aliphatic heterocycles. The Balaban J connectivity index is 1.78. The lowest BCUT2D eigenvalue weighted by Crippen LogP contribution is -2.59. The average Bonchev–Trinajstić information content (AvgIpc) is 2.90. The van der Waals surface area contributed by atoms with Crippen molar-refractivity contribution in [1.29, 1.82) is 0 Å². The van der Waals surface area contributed by atoms with Gasteiger partial charge in [0.1, 0.15) is 5.78 Å². The highest BCUT2D eigenvalue weighted by Gasteiger charge is 2.63. The molecular weight excluding hydrogens is 364 g/mol. The minimum absolute atomic E-state index is 0.0827. The highest BCUT2D eigenvalue weighted by molar-refractivity contribution is 6.69. The van der Waals surface area contributed by atoms with Crippen molar-refractivity contribution in [2.75, 3.05) is 0 Å². The minimum atomic E-state index is -1.72. The Labute approximate surface area is 171 Å². The van der Waals surface area contributed by atoms with Crippen LogP contribution in [0.3, 0.4) is 0 Å². The first kappa shape index (κ1) is 20.5. The summed E-state index contributed by atoms with van der Waals surface area (Å²) in [4.78, 5) is 24.7. The summed E-state index contributed by atoms with van der Waals surface area (Å²) in [6.45, 7) is 13.5. The van der Waals surface area contributed by atoms with Gasteiger partial charge in [-0.25, -0.2) is 0 Å². The van der Waals surface area contributed by atoms with E-state index in [9.17, 15) is 9.59 Å². The smallest absolute Gasteiger partial charge is 0.184 e. The number of Topliss-reactive ketones (excluding diaryl/α,β-unsaturated/α-hetero) is 1. The van der Waals surface area contributed by atoms with Crippen LogP contribution in [0.25, 0.3) is 0 Å². The fourth-order valence-corrected chi connectivity index (χ4v) is 9.02. The van der Waals surface area contributed by atoms with Gasteiger partial charge in [0.2, 0.25) is 0 Å². The van der Waals surface area contributed by atoms with E-state index in [1.54, 1.807) is 6.92 Å². The monoisotopic (exact) mass is 402 g/mol. The van der Waals surface area contributed by atoms with E-state index < -0.39 is 8.32 Å². The van der Waals surface area contributed by atoms with Gasteiger partial charge in [-0.3, -0.25) is 9.59 Å². The third-order valence-corrected chi connectivity index (χ3v) is 9.88. The highest BCUT2D eigenvalue weighted by atomic mass is 28.4. The minimum Gasteiger partial charge on any atom is -0.414 e. The van der Waals surface area contributed by atoms with Gasteiger partial charge >= 0.3 is 0 Å². The molecule has 7 atom stereocenters. The van der Waals surface area contributed by atoms with Crippen molar-refractivity contribution >= 4 is 19.9 Å². The molecule has 7 unspecified atom stereocenters. The zero-order chi connectivity index (χ0) is 20.5. The van der Waals surface area contributed by atoms with Crippen molar-refractivity contribution in [3.05, 3.63) is 11.6 Å². The first-order valence-electron chi connectivity index (χ1n) is 11.4. The van der Waals surface area contributed by atoms with E-state index in [0.29, 0.717) is 35.7 Å². The molecule has 0 heterocycles. The molecule has 4 rings (SSSR count). The maximum absolute atomic E-state index is 12.5. The van der Waals surface area contributed by atoms with Crippen LogP contribution in [0, 0.1) is 34.5 Å². The zero-order valence-electron chi connectivity index (χ0n) is 18.6. The normalized spacial score (nSPS) is 45.7. The van der Waals surface area contributed by atoms with Crippen LogP contribution in [-0.4, -0.2) is 26.0 Å². The van der Waals surface area contributed by atoms with E-state index in [2.05, 4.69) is 33.5 Å². The Hall–Kier alpha value is -0.743. The number of carbonyl (C=O) groups is 2. The van der Waals surface area contributed by atoms with E-state index in [0.717, 1.165) is 32.1 Å². The first-order chi connectivity index (χ1) is 13.0. The third-order valence-electron chi connectivity index (χ3n) is 8.87. The summed E-state index contributed by atoms with van der Waals surface area (Å²) in [6, 6.07) is 0. The van der Waals surface area contributed by atoms with E-state index in [1.165, 1.54) is 12.0 Å². The molecule has 4 aliphatic rings. The lowest BCUT2D eigenvalue weighted by Gasteiger charge is -2.61. The van der Waals surface area contributed by atoms with Crippen molar-refractivity contribution in [2.24, 2.45) is 34.5 Å². The van der Waals surface area contributed by atoms with Crippen molar-refractivity contribution in [3.63, 3.8) is 0 Å². The number of allylic oxidation sites excluding steroid dienone is 1. The number of carbonyl (C=O) groups excluding carboxylic acids is 2. The van der Waals surface area contributed by atoms with Gasteiger partial charge in [0.15, 0.2) is 14.1 Å². The molecule has 4 aliphatic carbocycles. The molecule has 3 saturated carbocycles. The SMILES string of the molecule is CC(=O)C1CCC2C3CCC4=CC(=O)CCC4(C)C3C(O[Si](C)(C)C)CC12C. The van der Waals surface area contributed by atoms with Crippen LogP contribution in [0.1, 0.15) is 65.7 Å². The zero-order valence-corrected chi connectivity index (χ0v) is 19.6. The predicted molar refractivity (Wildman–Crippen MR) is 114 cm³/mol. The Morgan fingerprint density at radius 3 is 2.50 bits per heavy atom. The largest absolute Gasteiger partial charge is 0.414 e. The number of fused-ring (bicyclic) bond motifs is 5. The van der Waals surface area contributed by atoms with Gasteiger partial charge in [-0.2, -0.15) is 0 Å². The van der Waals surface area contributed by atoms with Crippen LogP contribution in [-0.2, 0) is 14.0 Å². The molecule has 28 heavy (non-hydrogen) atoms. The van der Waals surface area contributed by atoms with E-state index in [-0.39, 0.29) is 22.9 Å². The van der Waals surface area contributed by atoms with Gasteiger partial charge in [-0.1, -0.05) is 19.4 Å². The van der Waals surface area contributed by atoms with Gasteiger partial charge in [-0.15, -0.1) is 0 Å². The van der Waals surface area contributed by atoms with E-state index in [1.807, 2.05) is 6.08 Å². The molecule has 3 nitrogen and oxygen atoms in total. The number of hydrogen-bond acceptors (Lipinski definition) is 3. The lowest BCUT2D eigenvalue weighted by atomic mass is 9.46. The van der Waals surface area contributed by atoms with Crippen molar-refractivity contribution < 1.29 is 14.0 Å². The fourth-order valence-electron chi connectivity index (χ4n) is 7.88. The Morgan fingerprint density at radius 1 is 1.14 bits per heavy atom. The van der Waals surface area contributed by atoms with Crippen LogP contribution in [0.5, 0.6) is 0 Å². The van der Waals surface area contributed by atoms with E-state index >= 15 is 0 Å². The van der Waals surface area contributed by atoms with Crippen molar-refractivity contribution in [1.82, 2.24) is 0 Å². The summed E-state index contributed by atoms with van der Waals surface area (Å²) in [7, 11) is -1.72. The second-order valence-electron chi connectivity index (χ2n) is 11.6. The molecular formula is C24H38O3Si. The molecule has 0 N–H and O–H groups in total. The Bertz CT molecular complexity index is 720. The summed E-state index contributed by atoms with van der Waals surface area (Å²) in [5.74, 6) is 2.64. The number of hydrogen-bond donors (Lipinski definition) is 0. The number of ketones is 2. The molecule has 0 bridgehead atoms. The quantitative estimate of drug-likeness (QED) is 0.581. The Kier molecular flexibility index (Phi) is 4.86. The predicted octanol–water partition coefficient (Wildman–Crippen LogP) is 5.55. The number of rotatable bonds is 3. The maximum Gasteiger partial charge on any atom is 0.184 e. The first-order valence-corrected chi connectivity index (χ1v) is 14.8. The van der Waals surface area contributed by atoms with Crippen LogP contribution >= 0.6 is 0 Å². The molecule has 0 spiro atoms. The van der Waals surface area contributed by atoms with Crippen LogP contribution in [0.2, 0.25) is 19.6 Å². The van der Waals surface area contributed by atoms with E-state index in [4.69, 9.17) is 4.43 Å². The van der Waals surface area contributed by atoms with Crippen molar-refractivity contribution in [2.45, 2.75) is 91.5 Å². The fraction of sp³-hybridized carbons (Fsp3) is 0.833. The van der Waals surface area contributed by atoms with Gasteiger partial charge in [0.05, 0.1) is 0 Å². The summed E-state index contributed by atoms with van der Waals surface area (Å²) in [6.07, 6.45) is 9.34. The molecule has 4 heteroatoms. The second-order valence-corrected chi connectivity index (χ2v) is 16.1. The molecule has 0 aromatic heterocycles. The second kappa shape index (κ2) is 6.63. The summed E-state index contributed by atoms with van der Waals surface area (Å²) in [5.41, 5.74) is 1.56. The van der Waals surface area contributed by atoms with Gasteiger partial charge in [-0.05, 0) is 99.7 Å². The lowest BCUT2D eigenvalue weighted by molar-refractivity contribution is -0.140. The highest BCUT2D eigenvalue weighted by Crippen LogP contribution is 2.67. The van der Waals surface area contributed by atoms with Crippen LogP contribution < -0.4 is 0 Å². The van der Waals surface area contributed by atoms with Crippen molar-refractivity contribution in [3.8, 4) is 0 Å². The van der Waals surface area contributed by atoms with Gasteiger partial charge < -0.3 is 4.43 Å². The van der Waals surface area contributed by atoms with Gasteiger partial charge in [0.25, 0.3) is 0 Å². The summed E-state index contributed by atoms with van der Waals surface area (Å²) >= 11 is 0. The molecule has 0 saturated heterocycles. The topological polar surface area (TPSA) is 43.4 Å². The van der Waals surface area contributed by atoms with Crippen LogP contribution in [0.4, 0.5) is 0 Å². The molecule has 156 valence electrons. The molecule has 0 aromatic rings.